The molecule has 0 bridgehead atoms. The molecule has 0 saturated carbocycles. The summed E-state index contributed by atoms with van der Waals surface area (Å²) in [4.78, 5) is 28.7. The van der Waals surface area contributed by atoms with Gasteiger partial charge in [-0.15, -0.1) is 0 Å². The maximum absolute atomic E-state index is 12.6. The van der Waals surface area contributed by atoms with Gasteiger partial charge in [-0.1, -0.05) is 33.1 Å². The number of piperazine rings is 1. The van der Waals surface area contributed by atoms with E-state index in [1.807, 2.05) is 11.8 Å². The van der Waals surface area contributed by atoms with Gasteiger partial charge in [0.2, 0.25) is 11.8 Å². The maximum atomic E-state index is 12.6. The highest BCUT2D eigenvalue weighted by Crippen LogP contribution is 2.28. The molecule has 2 rings (SSSR count). The zero-order valence-electron chi connectivity index (χ0n) is 13.1. The topological polar surface area (TPSA) is 40.6 Å². The third-order valence-electron chi connectivity index (χ3n) is 4.93. The molecule has 0 aromatic carbocycles. The van der Waals surface area contributed by atoms with Crippen LogP contribution in [0, 0.1) is 5.92 Å². The number of hydrogen-bond acceptors (Lipinski definition) is 2. The van der Waals surface area contributed by atoms with Crippen LogP contribution in [0.2, 0.25) is 0 Å². The summed E-state index contributed by atoms with van der Waals surface area (Å²) >= 11 is 0. The van der Waals surface area contributed by atoms with E-state index in [0.717, 1.165) is 38.8 Å². The Balaban J connectivity index is 2.05. The van der Waals surface area contributed by atoms with Crippen molar-refractivity contribution in [3.05, 3.63) is 0 Å². The quantitative estimate of drug-likeness (QED) is 0.749. The Bertz CT molecular complexity index is 369. The lowest BCUT2D eigenvalue weighted by Gasteiger charge is -2.42. The van der Waals surface area contributed by atoms with Crippen LogP contribution in [0.1, 0.15) is 59.3 Å². The average molecular weight is 280 g/mol. The van der Waals surface area contributed by atoms with Gasteiger partial charge in [-0.2, -0.15) is 0 Å². The van der Waals surface area contributed by atoms with Crippen molar-refractivity contribution in [1.29, 1.82) is 0 Å². The number of nitrogens with zero attached hydrogens (tertiary/aromatic N) is 2. The number of amides is 2. The molecular formula is C16H28N2O2. The third-order valence-corrected chi connectivity index (χ3v) is 4.93. The normalized spacial score (nSPS) is 27.9. The number of hydrogen-bond donors (Lipinski definition) is 0. The van der Waals surface area contributed by atoms with Crippen molar-refractivity contribution in [1.82, 2.24) is 9.80 Å². The molecule has 3 atom stereocenters. The molecule has 2 aliphatic heterocycles. The summed E-state index contributed by atoms with van der Waals surface area (Å²) in [6, 6.07) is -0.435. The first-order chi connectivity index (χ1) is 9.60. The van der Waals surface area contributed by atoms with E-state index in [9.17, 15) is 9.59 Å². The van der Waals surface area contributed by atoms with Gasteiger partial charge in [0, 0.05) is 13.1 Å². The van der Waals surface area contributed by atoms with E-state index in [-0.39, 0.29) is 23.9 Å². The summed E-state index contributed by atoms with van der Waals surface area (Å²) in [6.07, 6.45) is 6.45. The SMILES string of the molecule is CCCCC(CC)CN1C(=O)C2CCCN2C(=O)C1C. The monoisotopic (exact) mass is 280 g/mol. The molecule has 2 amide bonds. The molecule has 2 aliphatic rings. The zero-order chi connectivity index (χ0) is 14.7. The van der Waals surface area contributed by atoms with Crippen molar-refractivity contribution in [2.75, 3.05) is 13.1 Å². The van der Waals surface area contributed by atoms with Gasteiger partial charge in [0.15, 0.2) is 0 Å². The molecule has 114 valence electrons. The van der Waals surface area contributed by atoms with Crippen LogP contribution in [0.3, 0.4) is 0 Å². The molecule has 2 saturated heterocycles. The van der Waals surface area contributed by atoms with Gasteiger partial charge in [0.1, 0.15) is 12.1 Å². The predicted octanol–water partition coefficient (Wildman–Crippen LogP) is 2.42. The number of fused-ring (bicyclic) bond motifs is 1. The van der Waals surface area contributed by atoms with Gasteiger partial charge in [0.05, 0.1) is 0 Å². The van der Waals surface area contributed by atoms with Crippen LogP contribution >= 0.6 is 0 Å². The highest BCUT2D eigenvalue weighted by atomic mass is 16.2. The molecule has 0 N–H and O–H groups in total. The molecule has 4 nitrogen and oxygen atoms in total. The Morgan fingerprint density at radius 3 is 2.65 bits per heavy atom. The molecule has 0 aromatic heterocycles. The Morgan fingerprint density at radius 2 is 2.00 bits per heavy atom. The van der Waals surface area contributed by atoms with Crippen molar-refractivity contribution in [3.8, 4) is 0 Å². The number of unbranched alkanes of at least 4 members (excludes halogenated alkanes) is 1. The lowest BCUT2D eigenvalue weighted by Crippen LogP contribution is -2.62. The van der Waals surface area contributed by atoms with E-state index in [4.69, 9.17) is 0 Å². The lowest BCUT2D eigenvalue weighted by molar-refractivity contribution is -0.159. The molecule has 0 aromatic rings. The fourth-order valence-electron chi connectivity index (χ4n) is 3.49. The Hall–Kier alpha value is -1.06. The van der Waals surface area contributed by atoms with Crippen LogP contribution in [0.4, 0.5) is 0 Å². The van der Waals surface area contributed by atoms with Gasteiger partial charge in [-0.25, -0.2) is 0 Å². The summed E-state index contributed by atoms with van der Waals surface area (Å²) in [7, 11) is 0. The Kier molecular flexibility index (Phi) is 5.06. The van der Waals surface area contributed by atoms with Crippen molar-refractivity contribution in [3.63, 3.8) is 0 Å². The fourth-order valence-corrected chi connectivity index (χ4v) is 3.49. The lowest BCUT2D eigenvalue weighted by atomic mass is 9.96. The summed E-state index contributed by atoms with van der Waals surface area (Å²) in [6.45, 7) is 7.79. The highest BCUT2D eigenvalue weighted by molar-refractivity contribution is 5.97. The van der Waals surface area contributed by atoms with Crippen molar-refractivity contribution in [2.24, 2.45) is 5.92 Å². The van der Waals surface area contributed by atoms with E-state index < -0.39 is 0 Å². The second-order valence-electron chi connectivity index (χ2n) is 6.27. The third kappa shape index (κ3) is 2.84. The molecule has 0 aliphatic carbocycles. The van der Waals surface area contributed by atoms with Gasteiger partial charge in [-0.3, -0.25) is 9.59 Å². The van der Waals surface area contributed by atoms with Crippen LogP contribution in [0.15, 0.2) is 0 Å². The minimum absolute atomic E-state index is 0.150. The number of carbonyl (C=O) groups excluding carboxylic acids is 2. The molecule has 2 heterocycles. The van der Waals surface area contributed by atoms with E-state index in [0.29, 0.717) is 5.92 Å². The molecular weight excluding hydrogens is 252 g/mol. The van der Waals surface area contributed by atoms with Crippen molar-refractivity contribution in [2.45, 2.75) is 71.4 Å². The van der Waals surface area contributed by atoms with E-state index >= 15 is 0 Å². The molecule has 0 radical (unpaired) electrons. The fraction of sp³-hybridized carbons (Fsp3) is 0.875. The first-order valence-corrected chi connectivity index (χ1v) is 8.21. The van der Waals surface area contributed by atoms with Crippen LogP contribution < -0.4 is 0 Å². The minimum atomic E-state index is -0.271. The van der Waals surface area contributed by atoms with E-state index in [2.05, 4.69) is 13.8 Å². The molecule has 0 spiro atoms. The minimum Gasteiger partial charge on any atom is -0.329 e. The first kappa shape index (κ1) is 15.3. The smallest absolute Gasteiger partial charge is 0.246 e. The van der Waals surface area contributed by atoms with Crippen LogP contribution in [0.5, 0.6) is 0 Å². The number of rotatable bonds is 6. The second kappa shape index (κ2) is 6.59. The predicted molar refractivity (Wildman–Crippen MR) is 79.2 cm³/mol. The summed E-state index contributed by atoms with van der Waals surface area (Å²) in [5.74, 6) is 0.865. The van der Waals surface area contributed by atoms with E-state index in [1.54, 1.807) is 4.90 Å². The summed E-state index contributed by atoms with van der Waals surface area (Å²) < 4.78 is 0. The zero-order valence-corrected chi connectivity index (χ0v) is 13.1. The van der Waals surface area contributed by atoms with Crippen LogP contribution in [-0.4, -0.2) is 46.8 Å². The molecule has 2 fully saturated rings. The van der Waals surface area contributed by atoms with Crippen molar-refractivity contribution >= 4 is 11.8 Å². The largest absolute Gasteiger partial charge is 0.329 e. The number of carbonyl (C=O) groups is 2. The molecule has 20 heavy (non-hydrogen) atoms. The highest BCUT2D eigenvalue weighted by Gasteiger charge is 2.46. The standard InChI is InChI=1S/C16H28N2O2/c1-4-6-8-13(5-2)11-18-12(3)15(19)17-10-7-9-14(17)16(18)20/h12-14H,4-11H2,1-3H3. The van der Waals surface area contributed by atoms with E-state index in [1.165, 1.54) is 12.8 Å². The summed E-state index contributed by atoms with van der Waals surface area (Å²) in [5, 5.41) is 0. The van der Waals surface area contributed by atoms with Crippen LogP contribution in [-0.2, 0) is 9.59 Å². The molecule has 4 heteroatoms. The first-order valence-electron chi connectivity index (χ1n) is 8.21. The van der Waals surface area contributed by atoms with Gasteiger partial charge in [-0.05, 0) is 32.1 Å². The van der Waals surface area contributed by atoms with Crippen molar-refractivity contribution < 1.29 is 9.59 Å². The van der Waals surface area contributed by atoms with Gasteiger partial charge >= 0.3 is 0 Å². The Morgan fingerprint density at radius 1 is 1.25 bits per heavy atom. The maximum Gasteiger partial charge on any atom is 0.246 e. The van der Waals surface area contributed by atoms with Crippen LogP contribution in [0.25, 0.3) is 0 Å². The second-order valence-corrected chi connectivity index (χ2v) is 6.27. The Labute approximate surface area is 122 Å². The average Bonchev–Trinajstić information content (AvgIpc) is 2.94. The van der Waals surface area contributed by atoms with Gasteiger partial charge in [0.25, 0.3) is 0 Å². The van der Waals surface area contributed by atoms with Gasteiger partial charge < -0.3 is 9.80 Å². The summed E-state index contributed by atoms with van der Waals surface area (Å²) in [5.41, 5.74) is 0. The molecule has 3 unspecified atom stereocenters.